The zero-order valence-electron chi connectivity index (χ0n) is 11.0. The second kappa shape index (κ2) is 3.98. The summed E-state index contributed by atoms with van der Waals surface area (Å²) < 4.78 is 0. The molecule has 1 spiro atoms. The maximum absolute atomic E-state index is 12.7. The van der Waals surface area contributed by atoms with Gasteiger partial charge in [-0.1, -0.05) is 19.8 Å². The molecule has 3 rings (SSSR count). The van der Waals surface area contributed by atoms with Crippen LogP contribution in [0.5, 0.6) is 0 Å². The largest absolute Gasteiger partial charge is 0.323 e. The zero-order chi connectivity index (χ0) is 12.0. The smallest absolute Gasteiger partial charge is 0.244 e. The Balaban J connectivity index is 1.83. The Labute approximate surface area is 104 Å². The van der Waals surface area contributed by atoms with E-state index in [1.165, 1.54) is 25.7 Å². The number of carbonyl (C=O) groups is 1. The van der Waals surface area contributed by atoms with Gasteiger partial charge in [-0.25, -0.2) is 0 Å². The molecule has 2 aliphatic carbocycles. The average Bonchev–Trinajstić information content (AvgIpc) is 3.02. The molecule has 0 aromatic heterocycles. The van der Waals surface area contributed by atoms with Crippen molar-refractivity contribution in [3.63, 3.8) is 0 Å². The van der Waals surface area contributed by atoms with E-state index in [1.807, 2.05) is 0 Å². The van der Waals surface area contributed by atoms with Crippen LogP contribution in [0.25, 0.3) is 0 Å². The highest BCUT2D eigenvalue weighted by molar-refractivity contribution is 5.89. The molecule has 0 radical (unpaired) electrons. The van der Waals surface area contributed by atoms with Crippen molar-refractivity contribution in [2.24, 2.45) is 5.92 Å². The van der Waals surface area contributed by atoms with Crippen molar-refractivity contribution in [1.82, 2.24) is 10.2 Å². The Morgan fingerprint density at radius 3 is 2.59 bits per heavy atom. The molecule has 3 fully saturated rings. The van der Waals surface area contributed by atoms with E-state index in [-0.39, 0.29) is 11.7 Å². The van der Waals surface area contributed by atoms with Gasteiger partial charge in [0, 0.05) is 6.04 Å². The van der Waals surface area contributed by atoms with Gasteiger partial charge in [0.25, 0.3) is 0 Å². The summed E-state index contributed by atoms with van der Waals surface area (Å²) in [6.45, 7) is 4.43. The minimum absolute atomic E-state index is 0.177. The number of nitrogens with zero attached hydrogens (tertiary/aromatic N) is 1. The minimum Gasteiger partial charge on any atom is -0.323 e. The minimum atomic E-state index is -0.177. The molecule has 2 atom stereocenters. The van der Waals surface area contributed by atoms with Crippen LogP contribution in [0, 0.1) is 5.92 Å². The number of hydrogen-bond acceptors (Lipinski definition) is 2. The Hall–Kier alpha value is -0.570. The summed E-state index contributed by atoms with van der Waals surface area (Å²) in [5.41, 5.74) is -0.177. The van der Waals surface area contributed by atoms with Gasteiger partial charge in [-0.3, -0.25) is 10.1 Å². The van der Waals surface area contributed by atoms with Crippen molar-refractivity contribution in [2.75, 3.05) is 0 Å². The third-order valence-corrected chi connectivity index (χ3v) is 5.01. The van der Waals surface area contributed by atoms with Gasteiger partial charge in [0.15, 0.2) is 0 Å². The van der Waals surface area contributed by atoms with Gasteiger partial charge in [-0.15, -0.1) is 0 Å². The third-order valence-electron chi connectivity index (χ3n) is 5.01. The van der Waals surface area contributed by atoms with E-state index in [0.29, 0.717) is 11.9 Å². The van der Waals surface area contributed by atoms with Crippen LogP contribution in [0.3, 0.4) is 0 Å². The fourth-order valence-corrected chi connectivity index (χ4v) is 3.75. The summed E-state index contributed by atoms with van der Waals surface area (Å²) in [5, 5.41) is 3.66. The molecule has 1 saturated heterocycles. The topological polar surface area (TPSA) is 32.3 Å². The molecule has 17 heavy (non-hydrogen) atoms. The first-order valence-electron chi connectivity index (χ1n) is 7.28. The number of carbonyl (C=O) groups excluding carboxylic acids is 1. The van der Waals surface area contributed by atoms with Gasteiger partial charge < -0.3 is 4.90 Å². The van der Waals surface area contributed by atoms with Crippen molar-refractivity contribution < 1.29 is 4.79 Å². The molecule has 96 valence electrons. The first-order chi connectivity index (χ1) is 8.18. The van der Waals surface area contributed by atoms with Crippen LogP contribution in [0.15, 0.2) is 0 Å². The van der Waals surface area contributed by atoms with E-state index in [0.717, 1.165) is 25.2 Å². The van der Waals surface area contributed by atoms with Gasteiger partial charge >= 0.3 is 0 Å². The van der Waals surface area contributed by atoms with Crippen molar-refractivity contribution >= 4 is 5.91 Å². The van der Waals surface area contributed by atoms with Crippen LogP contribution in [0.2, 0.25) is 0 Å². The number of rotatable bonds is 3. The molecule has 0 aromatic carbocycles. The molecule has 2 saturated carbocycles. The third kappa shape index (κ3) is 1.70. The van der Waals surface area contributed by atoms with Gasteiger partial charge in [0.2, 0.25) is 5.91 Å². The summed E-state index contributed by atoms with van der Waals surface area (Å²) in [6.07, 6.45) is 8.47. The predicted octanol–water partition coefficient (Wildman–Crippen LogP) is 2.27. The van der Waals surface area contributed by atoms with Crippen molar-refractivity contribution in [3.8, 4) is 0 Å². The first kappa shape index (κ1) is 11.5. The maximum atomic E-state index is 12.7. The van der Waals surface area contributed by atoms with Crippen LogP contribution in [0.1, 0.15) is 58.8 Å². The van der Waals surface area contributed by atoms with Gasteiger partial charge in [-0.05, 0) is 44.9 Å². The monoisotopic (exact) mass is 236 g/mol. The van der Waals surface area contributed by atoms with Crippen molar-refractivity contribution in [1.29, 1.82) is 0 Å². The molecule has 3 heteroatoms. The van der Waals surface area contributed by atoms with E-state index in [9.17, 15) is 4.79 Å². The lowest BCUT2D eigenvalue weighted by Gasteiger charge is -2.30. The lowest BCUT2D eigenvalue weighted by molar-refractivity contribution is -0.135. The fourth-order valence-electron chi connectivity index (χ4n) is 3.75. The quantitative estimate of drug-likeness (QED) is 0.815. The van der Waals surface area contributed by atoms with Crippen LogP contribution in [-0.4, -0.2) is 28.6 Å². The van der Waals surface area contributed by atoms with E-state index >= 15 is 0 Å². The molecule has 2 unspecified atom stereocenters. The molecule has 3 nitrogen and oxygen atoms in total. The van der Waals surface area contributed by atoms with E-state index in [1.54, 1.807) is 0 Å². The van der Waals surface area contributed by atoms with Crippen molar-refractivity contribution in [3.05, 3.63) is 0 Å². The highest BCUT2D eigenvalue weighted by Crippen LogP contribution is 2.42. The summed E-state index contributed by atoms with van der Waals surface area (Å²) in [6, 6.07) is 0.444. The molecule has 1 amide bonds. The van der Waals surface area contributed by atoms with Crippen LogP contribution < -0.4 is 5.32 Å². The van der Waals surface area contributed by atoms with Gasteiger partial charge in [-0.2, -0.15) is 0 Å². The normalized spacial score (nSPS) is 33.6. The van der Waals surface area contributed by atoms with Crippen LogP contribution in [-0.2, 0) is 4.79 Å². The average molecular weight is 236 g/mol. The zero-order valence-corrected chi connectivity index (χ0v) is 11.0. The second-order valence-electron chi connectivity index (χ2n) is 6.15. The Bertz CT molecular complexity index is 318. The van der Waals surface area contributed by atoms with Gasteiger partial charge in [0.1, 0.15) is 0 Å². The fraction of sp³-hybridized carbons (Fsp3) is 0.929. The van der Waals surface area contributed by atoms with Crippen LogP contribution in [0.4, 0.5) is 0 Å². The molecule has 3 aliphatic rings. The molecule has 0 bridgehead atoms. The summed E-state index contributed by atoms with van der Waals surface area (Å²) >= 11 is 0. The lowest BCUT2D eigenvalue weighted by atomic mass is 9.97. The Morgan fingerprint density at radius 2 is 2.06 bits per heavy atom. The molecular weight excluding hydrogens is 212 g/mol. The molecule has 1 heterocycles. The predicted molar refractivity (Wildman–Crippen MR) is 67.4 cm³/mol. The van der Waals surface area contributed by atoms with Crippen molar-refractivity contribution in [2.45, 2.75) is 76.5 Å². The molecular formula is C14H24N2O. The number of amides is 1. The molecule has 1 aliphatic heterocycles. The number of hydrogen-bond donors (Lipinski definition) is 1. The Morgan fingerprint density at radius 1 is 1.41 bits per heavy atom. The summed E-state index contributed by atoms with van der Waals surface area (Å²) in [5.74, 6) is 1.17. The van der Waals surface area contributed by atoms with E-state index in [2.05, 4.69) is 24.1 Å². The highest BCUT2D eigenvalue weighted by Gasteiger charge is 2.54. The summed E-state index contributed by atoms with van der Waals surface area (Å²) in [4.78, 5) is 14.9. The summed E-state index contributed by atoms with van der Waals surface area (Å²) in [7, 11) is 0. The lowest BCUT2D eigenvalue weighted by Crippen LogP contribution is -2.45. The van der Waals surface area contributed by atoms with E-state index in [4.69, 9.17) is 0 Å². The standard InChI is InChI=1S/C14H24N2O/c1-3-12-15-14(8-4-5-9-14)13(17)16(12)10(2)11-6-7-11/h10-12,15H,3-9H2,1-2H3. The SMILES string of the molecule is CCC1NC2(CCCC2)C(=O)N1C(C)C1CC1. The van der Waals surface area contributed by atoms with Gasteiger partial charge in [0.05, 0.1) is 11.7 Å². The molecule has 1 N–H and O–H groups in total. The van der Waals surface area contributed by atoms with Crippen LogP contribution >= 0.6 is 0 Å². The second-order valence-corrected chi connectivity index (χ2v) is 6.15. The maximum Gasteiger partial charge on any atom is 0.244 e. The first-order valence-corrected chi connectivity index (χ1v) is 7.28. The Kier molecular flexibility index (Phi) is 2.69. The van der Waals surface area contributed by atoms with E-state index < -0.39 is 0 Å². The number of nitrogens with one attached hydrogen (secondary N) is 1. The highest BCUT2D eigenvalue weighted by atomic mass is 16.2. The molecule has 0 aromatic rings.